The lowest BCUT2D eigenvalue weighted by molar-refractivity contribution is -0.124. The molecular formula is C16H27N3O3S2. The van der Waals surface area contributed by atoms with Gasteiger partial charge < -0.3 is 5.32 Å². The van der Waals surface area contributed by atoms with E-state index in [-0.39, 0.29) is 17.7 Å². The van der Waals surface area contributed by atoms with Crippen molar-refractivity contribution in [1.82, 2.24) is 14.6 Å². The van der Waals surface area contributed by atoms with Gasteiger partial charge in [0.25, 0.3) is 0 Å². The van der Waals surface area contributed by atoms with Crippen molar-refractivity contribution in [3.05, 3.63) is 16.1 Å². The lowest BCUT2D eigenvalue weighted by atomic mass is 10.0. The van der Waals surface area contributed by atoms with Gasteiger partial charge in [-0.2, -0.15) is 0 Å². The number of hydrogen-bond acceptors (Lipinski definition) is 5. The standard InChI is InChI=1S/C16H27N3O3S2/c1-11(2)15(20)17-8-14-10-23-16(18-14)13-6-5-7-19(9-13)24(21,22)12(3)4/h10-13H,5-9H2,1-4H3,(H,17,20)/t13-/m0/s1. The Morgan fingerprint density at radius 1 is 1.42 bits per heavy atom. The van der Waals surface area contributed by atoms with E-state index in [1.54, 1.807) is 29.5 Å². The summed E-state index contributed by atoms with van der Waals surface area (Å²) in [6, 6.07) is 0. The number of amides is 1. The van der Waals surface area contributed by atoms with E-state index in [9.17, 15) is 13.2 Å². The van der Waals surface area contributed by atoms with Crippen molar-refractivity contribution in [3.8, 4) is 0 Å². The summed E-state index contributed by atoms with van der Waals surface area (Å²) in [4.78, 5) is 16.2. The number of nitrogens with zero attached hydrogens (tertiary/aromatic N) is 2. The van der Waals surface area contributed by atoms with Gasteiger partial charge in [0.15, 0.2) is 0 Å². The molecule has 0 saturated carbocycles. The van der Waals surface area contributed by atoms with E-state index in [1.165, 1.54) is 0 Å². The van der Waals surface area contributed by atoms with Crippen LogP contribution in [0.3, 0.4) is 0 Å². The summed E-state index contributed by atoms with van der Waals surface area (Å²) >= 11 is 1.55. The number of nitrogens with one attached hydrogen (secondary N) is 1. The number of carbonyl (C=O) groups is 1. The minimum absolute atomic E-state index is 0.0106. The van der Waals surface area contributed by atoms with Gasteiger partial charge in [-0.3, -0.25) is 4.79 Å². The van der Waals surface area contributed by atoms with Gasteiger partial charge in [0, 0.05) is 30.3 Å². The van der Waals surface area contributed by atoms with Crippen molar-refractivity contribution in [3.63, 3.8) is 0 Å². The van der Waals surface area contributed by atoms with Crippen LogP contribution in [0.1, 0.15) is 57.2 Å². The second kappa shape index (κ2) is 7.93. The summed E-state index contributed by atoms with van der Waals surface area (Å²) in [5, 5.41) is 5.38. The first kappa shape index (κ1) is 19.3. The van der Waals surface area contributed by atoms with Crippen molar-refractivity contribution in [2.75, 3.05) is 13.1 Å². The first-order valence-corrected chi connectivity index (χ1v) is 10.8. The summed E-state index contributed by atoms with van der Waals surface area (Å²) < 4.78 is 26.3. The zero-order valence-electron chi connectivity index (χ0n) is 14.8. The maximum Gasteiger partial charge on any atom is 0.222 e. The maximum absolute atomic E-state index is 12.4. The molecule has 2 rings (SSSR count). The molecule has 1 atom stereocenters. The molecule has 0 aromatic carbocycles. The highest BCUT2D eigenvalue weighted by Crippen LogP contribution is 2.31. The van der Waals surface area contributed by atoms with Gasteiger partial charge in [0.2, 0.25) is 15.9 Å². The van der Waals surface area contributed by atoms with Crippen LogP contribution in [0.4, 0.5) is 0 Å². The fourth-order valence-corrected chi connectivity index (χ4v) is 4.96. The highest BCUT2D eigenvalue weighted by atomic mass is 32.2. The van der Waals surface area contributed by atoms with Crippen LogP contribution >= 0.6 is 11.3 Å². The normalized spacial score (nSPS) is 19.8. The summed E-state index contributed by atoms with van der Waals surface area (Å²) in [6.07, 6.45) is 1.81. The van der Waals surface area contributed by atoms with Gasteiger partial charge in [-0.1, -0.05) is 13.8 Å². The van der Waals surface area contributed by atoms with Crippen LogP contribution < -0.4 is 5.32 Å². The molecule has 0 bridgehead atoms. The van der Waals surface area contributed by atoms with E-state index in [0.717, 1.165) is 23.5 Å². The summed E-state index contributed by atoms with van der Waals surface area (Å²) in [6.45, 7) is 8.68. The third kappa shape index (κ3) is 4.55. The van der Waals surface area contributed by atoms with Gasteiger partial charge in [0.05, 0.1) is 22.5 Å². The first-order chi connectivity index (χ1) is 11.2. The number of thiazole rings is 1. The topological polar surface area (TPSA) is 79.4 Å². The van der Waals surface area contributed by atoms with E-state index in [0.29, 0.717) is 19.6 Å². The van der Waals surface area contributed by atoms with Crippen LogP contribution in [0.2, 0.25) is 0 Å². The zero-order valence-corrected chi connectivity index (χ0v) is 16.4. The van der Waals surface area contributed by atoms with Gasteiger partial charge in [-0.15, -0.1) is 11.3 Å². The Labute approximate surface area is 148 Å². The highest BCUT2D eigenvalue weighted by Gasteiger charge is 2.32. The van der Waals surface area contributed by atoms with Crippen molar-refractivity contribution in [2.45, 2.75) is 58.2 Å². The third-order valence-electron chi connectivity index (χ3n) is 4.23. The molecule has 1 aliphatic heterocycles. The SMILES string of the molecule is CC(C)C(=O)NCc1csc([C@H]2CCCN(S(=O)(=O)C(C)C)C2)n1. The van der Waals surface area contributed by atoms with Crippen LogP contribution in [0.5, 0.6) is 0 Å². The van der Waals surface area contributed by atoms with Crippen molar-refractivity contribution in [1.29, 1.82) is 0 Å². The van der Waals surface area contributed by atoms with Gasteiger partial charge >= 0.3 is 0 Å². The minimum atomic E-state index is -3.21. The number of rotatable bonds is 6. The van der Waals surface area contributed by atoms with E-state index in [4.69, 9.17) is 0 Å². The van der Waals surface area contributed by atoms with Crippen LogP contribution in [0.15, 0.2) is 5.38 Å². The zero-order chi connectivity index (χ0) is 17.9. The molecule has 6 nitrogen and oxygen atoms in total. The molecule has 1 amide bonds. The Hall–Kier alpha value is -0.990. The van der Waals surface area contributed by atoms with Crippen molar-refractivity contribution >= 4 is 27.3 Å². The van der Waals surface area contributed by atoms with Crippen LogP contribution in [0, 0.1) is 5.92 Å². The fourth-order valence-electron chi connectivity index (χ4n) is 2.65. The lowest BCUT2D eigenvalue weighted by Gasteiger charge is -2.32. The van der Waals surface area contributed by atoms with Crippen LogP contribution in [-0.2, 0) is 21.4 Å². The molecule has 1 N–H and O–H groups in total. The number of sulfonamides is 1. The van der Waals surface area contributed by atoms with E-state index in [1.807, 2.05) is 19.2 Å². The summed E-state index contributed by atoms with van der Waals surface area (Å²) in [5.41, 5.74) is 0.841. The van der Waals surface area contributed by atoms with E-state index < -0.39 is 15.3 Å². The summed E-state index contributed by atoms with van der Waals surface area (Å²) in [5.74, 6) is 0.111. The Kier molecular flexibility index (Phi) is 6.39. The van der Waals surface area contributed by atoms with Crippen molar-refractivity contribution < 1.29 is 13.2 Å². The second-order valence-corrected chi connectivity index (χ2v) is 10.2. The molecule has 8 heteroatoms. The molecule has 0 unspecified atom stereocenters. The third-order valence-corrected chi connectivity index (χ3v) is 7.53. The molecule has 136 valence electrons. The maximum atomic E-state index is 12.4. The molecule has 0 aliphatic carbocycles. The van der Waals surface area contributed by atoms with Gasteiger partial charge in [0.1, 0.15) is 0 Å². The van der Waals surface area contributed by atoms with Gasteiger partial charge in [-0.05, 0) is 26.7 Å². The Morgan fingerprint density at radius 2 is 2.12 bits per heavy atom. The van der Waals surface area contributed by atoms with Crippen molar-refractivity contribution in [2.24, 2.45) is 5.92 Å². The Bertz CT molecular complexity index is 668. The molecule has 1 aliphatic rings. The second-order valence-electron chi connectivity index (χ2n) is 6.84. The number of aromatic nitrogens is 1. The Balaban J connectivity index is 2.01. The average molecular weight is 374 g/mol. The quantitative estimate of drug-likeness (QED) is 0.830. The molecule has 24 heavy (non-hydrogen) atoms. The average Bonchev–Trinajstić information content (AvgIpc) is 3.01. The first-order valence-electron chi connectivity index (χ1n) is 8.42. The number of hydrogen-bond donors (Lipinski definition) is 1. The molecule has 0 spiro atoms. The number of piperidine rings is 1. The number of carbonyl (C=O) groups excluding carboxylic acids is 1. The van der Waals surface area contributed by atoms with Gasteiger partial charge in [-0.25, -0.2) is 17.7 Å². The van der Waals surface area contributed by atoms with Crippen LogP contribution in [0.25, 0.3) is 0 Å². The van der Waals surface area contributed by atoms with Crippen LogP contribution in [-0.4, -0.2) is 42.0 Å². The Morgan fingerprint density at radius 3 is 2.75 bits per heavy atom. The summed E-state index contributed by atoms with van der Waals surface area (Å²) in [7, 11) is -3.21. The monoisotopic (exact) mass is 373 g/mol. The molecule has 1 saturated heterocycles. The largest absolute Gasteiger partial charge is 0.350 e. The van der Waals surface area contributed by atoms with E-state index >= 15 is 0 Å². The fraction of sp³-hybridized carbons (Fsp3) is 0.750. The minimum Gasteiger partial charge on any atom is -0.350 e. The molecule has 0 radical (unpaired) electrons. The predicted molar refractivity (Wildman–Crippen MR) is 96.4 cm³/mol. The molecular weight excluding hydrogens is 346 g/mol. The molecule has 1 fully saturated rings. The smallest absolute Gasteiger partial charge is 0.222 e. The van der Waals surface area contributed by atoms with E-state index in [2.05, 4.69) is 10.3 Å². The predicted octanol–water partition coefficient (Wildman–Crippen LogP) is 2.33. The highest BCUT2D eigenvalue weighted by molar-refractivity contribution is 7.89. The molecule has 2 heterocycles. The molecule has 1 aromatic heterocycles. The lowest BCUT2D eigenvalue weighted by Crippen LogP contribution is -2.42. The molecule has 1 aromatic rings.